The smallest absolute Gasteiger partial charge is 0.135 e. The third-order valence-electron chi connectivity index (χ3n) is 12.3. The van der Waals surface area contributed by atoms with Crippen molar-refractivity contribution < 1.29 is 30.2 Å². The van der Waals surface area contributed by atoms with E-state index in [-0.39, 0.29) is 44.1 Å². The maximum atomic E-state index is 15.3. The first-order chi connectivity index (χ1) is 30.9. The number of nitrogens with zero attached hydrogens (tertiary/aromatic N) is 4. The fourth-order valence-corrected chi connectivity index (χ4v) is 8.99. The van der Waals surface area contributed by atoms with Crippen LogP contribution in [0.4, 0.5) is 27.1 Å². The quantitative estimate of drug-likeness (QED) is 0.135. The van der Waals surface area contributed by atoms with Crippen molar-refractivity contribution in [2.75, 3.05) is 9.80 Å². The average Bonchev–Trinajstić information content (AvgIpc) is 3.84. The van der Waals surface area contributed by atoms with Crippen molar-refractivity contribution in [1.29, 1.82) is 0 Å². The summed E-state index contributed by atoms with van der Waals surface area (Å²) in [6, 6.07) is 58.7. The van der Waals surface area contributed by atoms with Crippen LogP contribution in [-0.4, -0.2) is 9.55 Å². The molecule has 7 heteroatoms. The molecule has 3 heterocycles. The zero-order valence-electron chi connectivity index (χ0n) is 37.6. The molecule has 0 bridgehead atoms. The van der Waals surface area contributed by atoms with Crippen LogP contribution in [0.3, 0.4) is 0 Å². The first kappa shape index (κ1) is 43.7. The first-order valence-corrected chi connectivity index (χ1v) is 22.1. The van der Waals surface area contributed by atoms with E-state index in [0.29, 0.717) is 17.1 Å². The summed E-state index contributed by atoms with van der Waals surface area (Å²) in [5, 5.41) is 2.19. The number of hydrogen-bond donors (Lipinski definition) is 0. The minimum atomic E-state index is -0.224. The standard InChI is InChI=1S/C58H50FN4O.Pt/c1-37(2)49-32-41(46-19-8-10-21-51(46)59)33-50(38(3)4)57(49)62-36-61(53-23-12-13-24-54(53)62)43-30-40(39-17-16-18-42(29-39)58(5,6)7)31-45(34-43)64-44-26-27-48-47-20-9-11-22-52(47)63(55(48)35-44)56-25-14-15-28-60-56;/h8-33,36-38H,1-7H3;/q-3;. The number of anilines is 4. The molecule has 0 aliphatic carbocycles. The molecule has 10 rings (SSSR count). The number of pyridine rings is 1. The Kier molecular flexibility index (Phi) is 11.8. The van der Waals surface area contributed by atoms with E-state index >= 15 is 4.39 Å². The van der Waals surface area contributed by atoms with Crippen LogP contribution in [0, 0.1) is 24.6 Å². The van der Waals surface area contributed by atoms with E-state index in [1.807, 2.05) is 42.6 Å². The fourth-order valence-electron chi connectivity index (χ4n) is 8.99. The Bertz CT molecular complexity index is 3170. The summed E-state index contributed by atoms with van der Waals surface area (Å²) in [7, 11) is 0. The van der Waals surface area contributed by atoms with E-state index in [4.69, 9.17) is 9.72 Å². The summed E-state index contributed by atoms with van der Waals surface area (Å²) in [6.45, 7) is 17.8. The Morgan fingerprint density at radius 3 is 2.02 bits per heavy atom. The SMILES string of the molecule is CC(C)c1cc(-c2ccccc2F)cc(C(C)C)c1N1[CH-]N(c2[c-]c(Oc3[c-]c4c(cc3)c3ccccc3n4-c3ccccn3)cc(-c3cccc(C(C)(C)C)c3)c2)c2ccccc21.[Pt]. The van der Waals surface area contributed by atoms with Gasteiger partial charge in [-0.05, 0) is 99.0 Å². The second kappa shape index (κ2) is 17.5. The number of rotatable bonds is 9. The Morgan fingerprint density at radius 2 is 1.31 bits per heavy atom. The monoisotopic (exact) mass is 1030 g/mol. The average molecular weight is 1030 g/mol. The molecule has 0 amide bonds. The number of para-hydroxylation sites is 3. The van der Waals surface area contributed by atoms with Crippen molar-refractivity contribution >= 4 is 44.6 Å². The first-order valence-electron chi connectivity index (χ1n) is 22.1. The Balaban J connectivity index is 0.00000533. The molecule has 0 spiro atoms. The van der Waals surface area contributed by atoms with Crippen molar-refractivity contribution in [3.63, 3.8) is 0 Å². The van der Waals surface area contributed by atoms with Gasteiger partial charge in [0.1, 0.15) is 11.6 Å². The predicted molar refractivity (Wildman–Crippen MR) is 262 cm³/mol. The number of ether oxygens (including phenoxy) is 1. The van der Waals surface area contributed by atoms with Crippen molar-refractivity contribution in [1.82, 2.24) is 9.55 Å². The molecule has 0 unspecified atom stereocenters. The molecule has 0 N–H and O–H groups in total. The van der Waals surface area contributed by atoms with Gasteiger partial charge in [-0.1, -0.05) is 133 Å². The summed E-state index contributed by atoms with van der Waals surface area (Å²) >= 11 is 0. The minimum absolute atomic E-state index is 0. The Labute approximate surface area is 396 Å². The Morgan fingerprint density at radius 1 is 0.615 bits per heavy atom. The van der Waals surface area contributed by atoms with Gasteiger partial charge >= 0.3 is 0 Å². The van der Waals surface area contributed by atoms with E-state index in [9.17, 15) is 0 Å². The molecular formula is C58H50FN4OPt-3. The summed E-state index contributed by atoms with van der Waals surface area (Å²) in [6.07, 6.45) is 1.82. The van der Waals surface area contributed by atoms with Crippen LogP contribution in [0.1, 0.15) is 77.0 Å². The van der Waals surface area contributed by atoms with Gasteiger partial charge in [0.15, 0.2) is 0 Å². The third-order valence-corrected chi connectivity index (χ3v) is 12.3. The molecule has 0 radical (unpaired) electrons. The van der Waals surface area contributed by atoms with Gasteiger partial charge < -0.3 is 19.1 Å². The number of hydrogen-bond acceptors (Lipinski definition) is 4. The zero-order valence-corrected chi connectivity index (χ0v) is 39.9. The molecule has 0 fully saturated rings. The van der Waals surface area contributed by atoms with Crippen molar-refractivity contribution in [2.24, 2.45) is 0 Å². The largest absolute Gasteiger partial charge is 0.509 e. The summed E-state index contributed by atoms with van der Waals surface area (Å²) in [5.74, 6) is 2.04. The van der Waals surface area contributed by atoms with Gasteiger partial charge in [-0.3, -0.25) is 0 Å². The van der Waals surface area contributed by atoms with Gasteiger partial charge in [-0.25, -0.2) is 9.37 Å². The second-order valence-electron chi connectivity index (χ2n) is 18.3. The van der Waals surface area contributed by atoms with Crippen molar-refractivity contribution in [3.05, 3.63) is 199 Å². The molecule has 1 aliphatic rings. The van der Waals surface area contributed by atoms with Crippen LogP contribution in [0.15, 0.2) is 158 Å². The maximum absolute atomic E-state index is 15.3. The topological polar surface area (TPSA) is 33.5 Å². The molecule has 7 aromatic carbocycles. The molecule has 0 saturated heterocycles. The molecule has 2 aromatic heterocycles. The van der Waals surface area contributed by atoms with E-state index in [2.05, 4.69) is 185 Å². The third kappa shape index (κ3) is 8.14. The van der Waals surface area contributed by atoms with E-state index in [0.717, 1.165) is 78.2 Å². The van der Waals surface area contributed by atoms with E-state index < -0.39 is 0 Å². The van der Waals surface area contributed by atoms with Gasteiger partial charge in [-0.2, -0.15) is 6.07 Å². The van der Waals surface area contributed by atoms with Crippen molar-refractivity contribution in [2.45, 2.75) is 65.7 Å². The Hall–Kier alpha value is -6.49. The normalized spacial score (nSPS) is 12.6. The molecule has 1 aliphatic heterocycles. The molecular weight excluding hydrogens is 983 g/mol. The molecule has 5 nitrogen and oxygen atoms in total. The van der Waals surface area contributed by atoms with Crippen molar-refractivity contribution in [3.8, 4) is 39.6 Å². The number of aromatic nitrogens is 2. The van der Waals surface area contributed by atoms with E-state index in [1.54, 1.807) is 6.07 Å². The minimum Gasteiger partial charge on any atom is -0.509 e. The summed E-state index contributed by atoms with van der Waals surface area (Å²) < 4.78 is 24.4. The van der Waals surface area contributed by atoms with Crippen LogP contribution in [0.5, 0.6) is 11.5 Å². The van der Waals surface area contributed by atoms with Crippen LogP contribution in [0.2, 0.25) is 0 Å². The fraction of sp³-hybridized carbons (Fsp3) is 0.172. The van der Waals surface area contributed by atoms with Gasteiger partial charge in [0, 0.05) is 66.9 Å². The van der Waals surface area contributed by atoms with Gasteiger partial charge in [0.25, 0.3) is 0 Å². The summed E-state index contributed by atoms with van der Waals surface area (Å²) in [5.41, 5.74) is 13.0. The summed E-state index contributed by atoms with van der Waals surface area (Å²) in [4.78, 5) is 9.25. The maximum Gasteiger partial charge on any atom is 0.135 e. The molecule has 0 atom stereocenters. The van der Waals surface area contributed by atoms with Gasteiger partial charge in [0.2, 0.25) is 0 Å². The molecule has 328 valence electrons. The number of fused-ring (bicyclic) bond motifs is 4. The van der Waals surface area contributed by atoms with Gasteiger partial charge in [0.05, 0.1) is 0 Å². The second-order valence-corrected chi connectivity index (χ2v) is 18.3. The van der Waals surface area contributed by atoms with Crippen LogP contribution in [-0.2, 0) is 26.5 Å². The molecule has 0 saturated carbocycles. The van der Waals surface area contributed by atoms with Crippen LogP contribution in [0.25, 0.3) is 49.9 Å². The number of halogens is 1. The zero-order chi connectivity index (χ0) is 44.3. The van der Waals surface area contributed by atoms with Crippen LogP contribution >= 0.6 is 0 Å². The van der Waals surface area contributed by atoms with Gasteiger partial charge in [-0.15, -0.1) is 53.6 Å². The number of benzene rings is 7. The molecule has 65 heavy (non-hydrogen) atoms. The van der Waals surface area contributed by atoms with E-state index in [1.165, 1.54) is 11.6 Å². The predicted octanol–water partition coefficient (Wildman–Crippen LogP) is 16.0. The van der Waals surface area contributed by atoms with Crippen LogP contribution < -0.4 is 14.5 Å². The molecule has 9 aromatic rings.